The normalized spacial score (nSPS) is 26.3. The zero-order valence-corrected chi connectivity index (χ0v) is 15.8. The number of nitrogens with zero attached hydrogens (tertiary/aromatic N) is 1. The molecule has 1 aromatic heterocycles. The van der Waals surface area contributed by atoms with Crippen LogP contribution in [0.25, 0.3) is 0 Å². The fraction of sp³-hybridized carbons (Fsp3) is 0.500. The smallest absolute Gasteiger partial charge is 0.119 e. The van der Waals surface area contributed by atoms with Crippen LogP contribution < -0.4 is 0 Å². The fourth-order valence-corrected chi connectivity index (χ4v) is 5.34. The summed E-state index contributed by atoms with van der Waals surface area (Å²) >= 11 is 1.87. The highest BCUT2D eigenvalue weighted by Gasteiger charge is 2.39. The Morgan fingerprint density at radius 1 is 1.25 bits per heavy atom. The Hall–Kier alpha value is -1.03. The Morgan fingerprint density at radius 2 is 2.12 bits per heavy atom. The van der Waals surface area contributed by atoms with E-state index in [4.69, 9.17) is 0 Å². The molecule has 0 amide bonds. The van der Waals surface area contributed by atoms with Gasteiger partial charge in [0.05, 0.1) is 0 Å². The van der Waals surface area contributed by atoms with Gasteiger partial charge in [-0.3, -0.25) is 4.90 Å². The van der Waals surface area contributed by atoms with Crippen LogP contribution in [0.5, 0.6) is 5.75 Å². The summed E-state index contributed by atoms with van der Waals surface area (Å²) in [6.07, 6.45) is 4.64. The number of piperidine rings is 1. The molecule has 2 heterocycles. The van der Waals surface area contributed by atoms with Crippen molar-refractivity contribution in [2.24, 2.45) is 5.92 Å². The van der Waals surface area contributed by atoms with E-state index in [0.717, 1.165) is 12.3 Å². The number of halogens is 1. The molecule has 4 heteroatoms. The van der Waals surface area contributed by atoms with Crippen molar-refractivity contribution in [3.63, 3.8) is 0 Å². The van der Waals surface area contributed by atoms with Gasteiger partial charge in [-0.2, -0.15) is 0 Å². The first-order valence-corrected chi connectivity index (χ1v) is 9.67. The molecule has 0 radical (unpaired) electrons. The molecule has 2 nitrogen and oxygen atoms in total. The molecule has 1 fully saturated rings. The van der Waals surface area contributed by atoms with Crippen LogP contribution in [0.1, 0.15) is 41.7 Å². The number of hydrogen-bond donors (Lipinski definition) is 1. The number of phenols is 1. The number of likely N-dealkylation sites (tertiary alicyclic amines) is 1. The summed E-state index contributed by atoms with van der Waals surface area (Å²) < 4.78 is 0. The number of hydrogen-bond acceptors (Lipinski definition) is 3. The molecule has 3 atom stereocenters. The Labute approximate surface area is 154 Å². The summed E-state index contributed by atoms with van der Waals surface area (Å²) in [7, 11) is 0. The van der Waals surface area contributed by atoms with Crippen LogP contribution in [0.4, 0.5) is 0 Å². The molecule has 0 bridgehead atoms. The third-order valence-corrected chi connectivity index (χ3v) is 6.57. The number of aromatic hydroxyl groups is 1. The summed E-state index contributed by atoms with van der Waals surface area (Å²) in [6.45, 7) is 4.77. The zero-order chi connectivity index (χ0) is 15.8. The monoisotopic (exact) mass is 363 g/mol. The van der Waals surface area contributed by atoms with Crippen molar-refractivity contribution in [1.29, 1.82) is 0 Å². The zero-order valence-electron chi connectivity index (χ0n) is 14.1. The van der Waals surface area contributed by atoms with Gasteiger partial charge in [-0.25, -0.2) is 0 Å². The second kappa shape index (κ2) is 7.47. The Morgan fingerprint density at radius 3 is 2.92 bits per heavy atom. The molecule has 130 valence electrons. The molecule has 2 aliphatic rings. The SMILES string of the molecule is CC1CC2c3cccc(O)c3CCC2N(CCc2cccs2)C1.Cl. The van der Waals surface area contributed by atoms with Gasteiger partial charge in [-0.05, 0) is 60.2 Å². The van der Waals surface area contributed by atoms with Crippen LogP contribution in [0, 0.1) is 5.92 Å². The van der Waals surface area contributed by atoms with Crippen LogP contribution in [0.2, 0.25) is 0 Å². The molecule has 1 aliphatic heterocycles. The van der Waals surface area contributed by atoms with E-state index in [1.54, 1.807) is 0 Å². The first kappa shape index (κ1) is 17.8. The number of benzene rings is 1. The lowest BCUT2D eigenvalue weighted by molar-refractivity contribution is 0.0821. The molecule has 24 heavy (non-hydrogen) atoms. The van der Waals surface area contributed by atoms with Crippen molar-refractivity contribution in [3.05, 3.63) is 51.7 Å². The number of fused-ring (bicyclic) bond motifs is 3. The van der Waals surface area contributed by atoms with Crippen molar-refractivity contribution >= 4 is 23.7 Å². The van der Waals surface area contributed by atoms with E-state index in [1.165, 1.54) is 48.4 Å². The molecular formula is C20H26ClNOS. The summed E-state index contributed by atoms with van der Waals surface area (Å²) in [5.74, 6) is 1.83. The molecule has 1 saturated heterocycles. The van der Waals surface area contributed by atoms with Crippen LogP contribution in [-0.2, 0) is 12.8 Å². The Bertz CT molecular complexity index is 672. The maximum atomic E-state index is 10.2. The van der Waals surface area contributed by atoms with E-state index in [9.17, 15) is 5.11 Å². The molecule has 0 saturated carbocycles. The minimum absolute atomic E-state index is 0. The molecule has 1 aliphatic carbocycles. The fourth-order valence-electron chi connectivity index (χ4n) is 4.64. The number of phenolic OH excluding ortho intramolecular Hbond substituents is 1. The molecular weight excluding hydrogens is 338 g/mol. The van der Waals surface area contributed by atoms with Gasteiger partial charge in [-0.15, -0.1) is 23.7 Å². The first-order valence-electron chi connectivity index (χ1n) is 8.79. The highest BCUT2D eigenvalue weighted by Crippen LogP contribution is 2.44. The van der Waals surface area contributed by atoms with E-state index >= 15 is 0 Å². The van der Waals surface area contributed by atoms with Gasteiger partial charge in [-0.1, -0.05) is 25.1 Å². The minimum Gasteiger partial charge on any atom is -0.508 e. The Balaban J connectivity index is 0.00000169. The number of thiophene rings is 1. The van der Waals surface area contributed by atoms with Gasteiger partial charge in [0.15, 0.2) is 0 Å². The molecule has 1 N–H and O–H groups in total. The Kier molecular flexibility index (Phi) is 5.53. The van der Waals surface area contributed by atoms with Crippen molar-refractivity contribution in [3.8, 4) is 5.75 Å². The average molecular weight is 364 g/mol. The van der Waals surface area contributed by atoms with E-state index in [-0.39, 0.29) is 12.4 Å². The summed E-state index contributed by atoms with van der Waals surface area (Å²) in [4.78, 5) is 4.22. The summed E-state index contributed by atoms with van der Waals surface area (Å²) in [6, 6.07) is 11.2. The van der Waals surface area contributed by atoms with Gasteiger partial charge in [0, 0.05) is 29.9 Å². The maximum Gasteiger partial charge on any atom is 0.119 e. The van der Waals surface area contributed by atoms with Gasteiger partial charge >= 0.3 is 0 Å². The highest BCUT2D eigenvalue weighted by atomic mass is 35.5. The van der Waals surface area contributed by atoms with E-state index < -0.39 is 0 Å². The van der Waals surface area contributed by atoms with Gasteiger partial charge < -0.3 is 5.11 Å². The standard InChI is InChI=1S/C20H25NOS.ClH/c1-14-12-18-16-5-2-6-20(22)17(16)7-8-19(18)21(13-14)10-9-15-4-3-11-23-15;/h2-6,11,14,18-19,22H,7-10,12-13H2,1H3;1H. The molecule has 4 rings (SSSR count). The van der Waals surface area contributed by atoms with E-state index in [2.05, 4.69) is 35.4 Å². The minimum atomic E-state index is 0. The lowest BCUT2D eigenvalue weighted by Gasteiger charge is -2.47. The lowest BCUT2D eigenvalue weighted by Crippen LogP contribution is -2.49. The largest absolute Gasteiger partial charge is 0.508 e. The van der Waals surface area contributed by atoms with Crippen molar-refractivity contribution in [2.75, 3.05) is 13.1 Å². The highest BCUT2D eigenvalue weighted by molar-refractivity contribution is 7.09. The second-order valence-electron chi connectivity index (χ2n) is 7.22. The molecule has 2 aromatic rings. The van der Waals surface area contributed by atoms with Gasteiger partial charge in [0.1, 0.15) is 5.75 Å². The van der Waals surface area contributed by atoms with Crippen molar-refractivity contribution < 1.29 is 5.11 Å². The average Bonchev–Trinajstić information content (AvgIpc) is 3.06. The third kappa shape index (κ3) is 3.35. The van der Waals surface area contributed by atoms with Crippen LogP contribution in [-0.4, -0.2) is 29.1 Å². The van der Waals surface area contributed by atoms with Crippen LogP contribution in [0.3, 0.4) is 0 Å². The lowest BCUT2D eigenvalue weighted by atomic mass is 9.71. The molecule has 1 aromatic carbocycles. The molecule has 3 unspecified atom stereocenters. The second-order valence-corrected chi connectivity index (χ2v) is 8.25. The summed E-state index contributed by atoms with van der Waals surface area (Å²) in [5.41, 5.74) is 2.62. The first-order chi connectivity index (χ1) is 11.2. The van der Waals surface area contributed by atoms with E-state index in [1.807, 2.05) is 23.5 Å². The quantitative estimate of drug-likeness (QED) is 0.841. The third-order valence-electron chi connectivity index (χ3n) is 5.64. The predicted octanol–water partition coefficient (Wildman–Crippen LogP) is 4.86. The van der Waals surface area contributed by atoms with Gasteiger partial charge in [0.2, 0.25) is 0 Å². The van der Waals surface area contributed by atoms with Crippen LogP contribution in [0.15, 0.2) is 35.7 Å². The van der Waals surface area contributed by atoms with Crippen LogP contribution >= 0.6 is 23.7 Å². The van der Waals surface area contributed by atoms with E-state index in [0.29, 0.717) is 17.7 Å². The topological polar surface area (TPSA) is 23.5 Å². The number of rotatable bonds is 3. The van der Waals surface area contributed by atoms with Crippen molar-refractivity contribution in [2.45, 2.75) is 44.6 Å². The van der Waals surface area contributed by atoms with Crippen molar-refractivity contribution in [1.82, 2.24) is 4.90 Å². The maximum absolute atomic E-state index is 10.2. The molecule has 0 spiro atoms. The predicted molar refractivity (Wildman–Crippen MR) is 104 cm³/mol. The van der Waals surface area contributed by atoms with Gasteiger partial charge in [0.25, 0.3) is 0 Å². The summed E-state index contributed by atoms with van der Waals surface area (Å²) in [5, 5.41) is 12.4.